The highest BCUT2D eigenvalue weighted by atomic mass is 19.3. The summed E-state index contributed by atoms with van der Waals surface area (Å²) in [5.74, 6) is -0.547. The Morgan fingerprint density at radius 2 is 1.82 bits per heavy atom. The quantitative estimate of drug-likeness (QED) is 0.707. The van der Waals surface area contributed by atoms with Gasteiger partial charge in [-0.05, 0) is 48.9 Å². The average molecular weight is 304 g/mol. The van der Waals surface area contributed by atoms with Crippen LogP contribution in [0.3, 0.4) is 0 Å². The van der Waals surface area contributed by atoms with Gasteiger partial charge in [0, 0.05) is 33.8 Å². The van der Waals surface area contributed by atoms with Gasteiger partial charge in [-0.1, -0.05) is 6.07 Å². The fourth-order valence-electron chi connectivity index (χ4n) is 2.53. The van der Waals surface area contributed by atoms with Crippen molar-refractivity contribution < 1.29 is 13.2 Å². The van der Waals surface area contributed by atoms with Gasteiger partial charge in [0.25, 0.3) is 6.43 Å². The molecule has 22 heavy (non-hydrogen) atoms. The third kappa shape index (κ3) is 2.60. The van der Waals surface area contributed by atoms with Crippen molar-refractivity contribution in [1.82, 2.24) is 4.98 Å². The Morgan fingerprint density at radius 1 is 1.05 bits per heavy atom. The van der Waals surface area contributed by atoms with E-state index in [1.165, 1.54) is 0 Å². The summed E-state index contributed by atoms with van der Waals surface area (Å²) < 4.78 is 39.7. The predicted octanol–water partition coefficient (Wildman–Crippen LogP) is 4.93. The zero-order valence-corrected chi connectivity index (χ0v) is 11.9. The maximum absolute atomic E-state index is 13.4. The number of halogens is 3. The van der Waals surface area contributed by atoms with Gasteiger partial charge >= 0.3 is 0 Å². The molecule has 2 aromatic carbocycles. The van der Waals surface area contributed by atoms with Gasteiger partial charge in [0.15, 0.2) is 0 Å². The molecular weight excluding hydrogens is 289 g/mol. The first-order valence-electron chi connectivity index (χ1n) is 6.92. The number of aromatic nitrogens is 1. The van der Waals surface area contributed by atoms with E-state index in [2.05, 4.69) is 4.98 Å². The SMILES string of the molecule is CC(N)c1ccc2[nH]c(-c3cc(F)ccc3C(F)F)cc2c1. The number of nitrogens with one attached hydrogen (secondary N) is 1. The molecule has 0 aliphatic carbocycles. The number of nitrogens with two attached hydrogens (primary N) is 1. The topological polar surface area (TPSA) is 41.8 Å². The van der Waals surface area contributed by atoms with Crippen molar-refractivity contribution in [2.75, 3.05) is 0 Å². The lowest BCUT2D eigenvalue weighted by Gasteiger charge is -2.07. The van der Waals surface area contributed by atoms with Gasteiger partial charge in [-0.25, -0.2) is 13.2 Å². The molecule has 0 saturated heterocycles. The molecule has 3 N–H and O–H groups in total. The Balaban J connectivity index is 2.16. The van der Waals surface area contributed by atoms with Gasteiger partial charge in [0.2, 0.25) is 0 Å². The number of H-pyrrole nitrogens is 1. The molecule has 3 rings (SSSR count). The molecule has 0 amide bonds. The van der Waals surface area contributed by atoms with E-state index in [1.807, 2.05) is 25.1 Å². The second kappa shape index (κ2) is 5.50. The Kier molecular flexibility index (Phi) is 3.66. The first-order valence-corrected chi connectivity index (χ1v) is 6.92. The van der Waals surface area contributed by atoms with Crippen molar-refractivity contribution in [3.05, 3.63) is 59.4 Å². The van der Waals surface area contributed by atoms with Crippen LogP contribution < -0.4 is 5.73 Å². The van der Waals surface area contributed by atoms with Gasteiger partial charge in [-0.3, -0.25) is 0 Å². The molecule has 114 valence electrons. The third-order valence-corrected chi connectivity index (χ3v) is 3.71. The van der Waals surface area contributed by atoms with E-state index in [-0.39, 0.29) is 17.2 Å². The van der Waals surface area contributed by atoms with Gasteiger partial charge in [-0.2, -0.15) is 0 Å². The minimum absolute atomic E-state index is 0.117. The summed E-state index contributed by atoms with van der Waals surface area (Å²) in [6.45, 7) is 1.87. The Labute approximate surface area is 125 Å². The summed E-state index contributed by atoms with van der Waals surface area (Å²) in [4.78, 5) is 3.06. The molecule has 1 atom stereocenters. The fourth-order valence-corrected chi connectivity index (χ4v) is 2.53. The summed E-state index contributed by atoms with van der Waals surface area (Å²) in [5, 5.41) is 0.856. The van der Waals surface area contributed by atoms with Crippen molar-refractivity contribution in [1.29, 1.82) is 0 Å². The standard InChI is InChI=1S/C17H15F3N2/c1-9(21)10-2-5-15-11(6-10)7-16(22-15)14-8-12(18)3-4-13(14)17(19)20/h2-9,17,22H,21H2,1H3. The molecule has 0 bridgehead atoms. The smallest absolute Gasteiger partial charge is 0.264 e. The van der Waals surface area contributed by atoms with Gasteiger partial charge in [0.05, 0.1) is 0 Å². The molecule has 5 heteroatoms. The van der Waals surface area contributed by atoms with Crippen LogP contribution in [0.5, 0.6) is 0 Å². The number of hydrogen-bond acceptors (Lipinski definition) is 1. The van der Waals surface area contributed by atoms with Crippen LogP contribution in [0.15, 0.2) is 42.5 Å². The number of hydrogen-bond donors (Lipinski definition) is 2. The summed E-state index contributed by atoms with van der Waals surface area (Å²) in [6.07, 6.45) is -2.67. The lowest BCUT2D eigenvalue weighted by Crippen LogP contribution is -2.04. The summed E-state index contributed by atoms with van der Waals surface area (Å²) in [5.41, 5.74) is 8.04. The second-order valence-electron chi connectivity index (χ2n) is 5.35. The van der Waals surface area contributed by atoms with E-state index >= 15 is 0 Å². The molecule has 0 aliphatic heterocycles. The van der Waals surface area contributed by atoms with E-state index in [1.54, 1.807) is 6.07 Å². The first-order chi connectivity index (χ1) is 10.5. The molecule has 0 spiro atoms. The Hall–Kier alpha value is -2.27. The van der Waals surface area contributed by atoms with Crippen molar-refractivity contribution in [3.8, 4) is 11.3 Å². The minimum Gasteiger partial charge on any atom is -0.355 e. The van der Waals surface area contributed by atoms with Crippen molar-refractivity contribution in [3.63, 3.8) is 0 Å². The Bertz CT molecular complexity index is 822. The van der Waals surface area contributed by atoms with Crippen LogP contribution in [0.2, 0.25) is 0 Å². The highest BCUT2D eigenvalue weighted by Crippen LogP contribution is 2.33. The van der Waals surface area contributed by atoms with Crippen LogP contribution in [-0.4, -0.2) is 4.98 Å². The molecule has 1 aromatic heterocycles. The maximum atomic E-state index is 13.4. The van der Waals surface area contributed by atoms with Crippen LogP contribution in [0.25, 0.3) is 22.2 Å². The van der Waals surface area contributed by atoms with Crippen LogP contribution in [0, 0.1) is 5.82 Å². The maximum Gasteiger partial charge on any atom is 0.264 e. The predicted molar refractivity (Wildman–Crippen MR) is 81.3 cm³/mol. The molecule has 0 fully saturated rings. The molecule has 0 aliphatic rings. The second-order valence-corrected chi connectivity index (χ2v) is 5.35. The monoisotopic (exact) mass is 304 g/mol. The van der Waals surface area contributed by atoms with Crippen LogP contribution >= 0.6 is 0 Å². The summed E-state index contributed by atoms with van der Waals surface area (Å²) in [6, 6.07) is 10.5. The average Bonchev–Trinajstić information content (AvgIpc) is 2.89. The van der Waals surface area contributed by atoms with E-state index in [0.717, 1.165) is 34.7 Å². The van der Waals surface area contributed by atoms with Crippen molar-refractivity contribution in [2.45, 2.75) is 19.4 Å². The highest BCUT2D eigenvalue weighted by Gasteiger charge is 2.16. The lowest BCUT2D eigenvalue weighted by atomic mass is 10.0. The normalized spacial score (nSPS) is 13.0. The minimum atomic E-state index is -2.67. The number of aromatic amines is 1. The molecule has 1 unspecified atom stereocenters. The largest absolute Gasteiger partial charge is 0.355 e. The van der Waals surface area contributed by atoms with E-state index < -0.39 is 12.2 Å². The van der Waals surface area contributed by atoms with E-state index in [0.29, 0.717) is 5.69 Å². The van der Waals surface area contributed by atoms with Crippen molar-refractivity contribution in [2.24, 2.45) is 5.73 Å². The van der Waals surface area contributed by atoms with Gasteiger partial charge in [-0.15, -0.1) is 0 Å². The zero-order chi connectivity index (χ0) is 15.9. The van der Waals surface area contributed by atoms with Crippen molar-refractivity contribution >= 4 is 10.9 Å². The molecule has 3 aromatic rings. The molecular formula is C17H15F3N2. The fraction of sp³-hybridized carbons (Fsp3) is 0.176. The molecule has 0 radical (unpaired) electrons. The van der Waals surface area contributed by atoms with E-state index in [4.69, 9.17) is 5.73 Å². The van der Waals surface area contributed by atoms with Gasteiger partial charge < -0.3 is 10.7 Å². The number of benzene rings is 2. The molecule has 1 heterocycles. The van der Waals surface area contributed by atoms with Crippen LogP contribution in [0.1, 0.15) is 30.5 Å². The zero-order valence-electron chi connectivity index (χ0n) is 11.9. The van der Waals surface area contributed by atoms with Crippen LogP contribution in [0.4, 0.5) is 13.2 Å². The highest BCUT2D eigenvalue weighted by molar-refractivity contribution is 5.87. The summed E-state index contributed by atoms with van der Waals surface area (Å²) >= 11 is 0. The Morgan fingerprint density at radius 3 is 2.50 bits per heavy atom. The number of fused-ring (bicyclic) bond motifs is 1. The third-order valence-electron chi connectivity index (χ3n) is 3.71. The molecule has 2 nitrogen and oxygen atoms in total. The lowest BCUT2D eigenvalue weighted by molar-refractivity contribution is 0.152. The van der Waals surface area contributed by atoms with Crippen LogP contribution in [-0.2, 0) is 0 Å². The van der Waals surface area contributed by atoms with E-state index in [9.17, 15) is 13.2 Å². The van der Waals surface area contributed by atoms with Gasteiger partial charge in [0.1, 0.15) is 5.82 Å². The first kappa shape index (κ1) is 14.7. The number of alkyl halides is 2. The number of rotatable bonds is 3. The summed E-state index contributed by atoms with van der Waals surface area (Å²) in [7, 11) is 0. The molecule has 0 saturated carbocycles.